The van der Waals surface area contributed by atoms with Crippen molar-refractivity contribution in [3.05, 3.63) is 42.2 Å². The molecule has 1 atom stereocenters. The molecule has 3 rings (SSSR count). The van der Waals surface area contributed by atoms with E-state index in [1.165, 1.54) is 6.42 Å². The molecule has 2 heterocycles. The van der Waals surface area contributed by atoms with Crippen molar-refractivity contribution in [3.63, 3.8) is 0 Å². The van der Waals surface area contributed by atoms with Gasteiger partial charge in [0.1, 0.15) is 5.69 Å². The van der Waals surface area contributed by atoms with E-state index in [1.807, 2.05) is 42.3 Å². The molecule has 110 valence electrons. The number of pyridine rings is 1. The molecule has 21 heavy (non-hydrogen) atoms. The lowest BCUT2D eigenvalue weighted by Gasteiger charge is -2.35. The Balaban J connectivity index is 1.95. The normalized spacial score (nSPS) is 18.9. The second kappa shape index (κ2) is 6.22. The first-order valence-corrected chi connectivity index (χ1v) is 7.60. The summed E-state index contributed by atoms with van der Waals surface area (Å²) in [7, 11) is 1.94. The summed E-state index contributed by atoms with van der Waals surface area (Å²) in [5.74, 6) is 0.0618. The summed E-state index contributed by atoms with van der Waals surface area (Å²) >= 11 is 0. The summed E-state index contributed by atoms with van der Waals surface area (Å²) in [4.78, 5) is 19.3. The Morgan fingerprint density at radius 1 is 1.33 bits per heavy atom. The number of benzene rings is 1. The predicted octanol–water partition coefficient (Wildman–Crippen LogP) is 2.45. The van der Waals surface area contributed by atoms with Crippen LogP contribution in [0, 0.1) is 0 Å². The molecule has 2 aromatic rings. The van der Waals surface area contributed by atoms with Crippen LogP contribution in [0.2, 0.25) is 0 Å². The third-order valence-electron chi connectivity index (χ3n) is 4.20. The van der Waals surface area contributed by atoms with E-state index in [0.29, 0.717) is 5.69 Å². The highest BCUT2D eigenvalue weighted by atomic mass is 16.2. The monoisotopic (exact) mass is 283 g/mol. The molecule has 1 fully saturated rings. The van der Waals surface area contributed by atoms with Crippen LogP contribution in [0.4, 0.5) is 0 Å². The molecule has 0 aliphatic carbocycles. The molecule has 4 nitrogen and oxygen atoms in total. The van der Waals surface area contributed by atoms with Crippen LogP contribution in [0.25, 0.3) is 10.8 Å². The van der Waals surface area contributed by atoms with Gasteiger partial charge in [0.15, 0.2) is 0 Å². The lowest BCUT2D eigenvalue weighted by molar-refractivity contribution is 0.0611. The third-order valence-corrected chi connectivity index (χ3v) is 4.20. The van der Waals surface area contributed by atoms with E-state index in [0.717, 1.165) is 36.7 Å². The standard InChI is InChI=1S/C17H21N3O/c1-18-12-14-7-4-5-11-20(14)17(21)16-15-8-3-2-6-13(15)9-10-19-16/h2-3,6,8-10,14,18H,4-5,7,11-12H2,1H3. The van der Waals surface area contributed by atoms with Gasteiger partial charge in [-0.3, -0.25) is 9.78 Å². The number of likely N-dealkylation sites (tertiary alicyclic amines) is 1. The summed E-state index contributed by atoms with van der Waals surface area (Å²) < 4.78 is 0. The minimum Gasteiger partial charge on any atom is -0.333 e. The number of hydrogen-bond acceptors (Lipinski definition) is 3. The lowest BCUT2D eigenvalue weighted by Crippen LogP contribution is -2.48. The highest BCUT2D eigenvalue weighted by Gasteiger charge is 2.28. The fourth-order valence-electron chi connectivity index (χ4n) is 3.14. The highest BCUT2D eigenvalue weighted by Crippen LogP contribution is 2.22. The SMILES string of the molecule is CNCC1CCCCN1C(=O)c1nccc2ccccc12. The van der Waals surface area contributed by atoms with Crippen molar-refractivity contribution < 1.29 is 4.79 Å². The molecule has 0 saturated carbocycles. The summed E-state index contributed by atoms with van der Waals surface area (Å²) in [5.41, 5.74) is 0.580. The Morgan fingerprint density at radius 2 is 2.19 bits per heavy atom. The van der Waals surface area contributed by atoms with Crippen molar-refractivity contribution in [1.82, 2.24) is 15.2 Å². The van der Waals surface area contributed by atoms with Gasteiger partial charge in [-0.15, -0.1) is 0 Å². The molecule has 4 heteroatoms. The minimum absolute atomic E-state index is 0.0618. The second-order valence-corrected chi connectivity index (χ2v) is 5.59. The van der Waals surface area contributed by atoms with E-state index >= 15 is 0 Å². The quantitative estimate of drug-likeness (QED) is 0.941. The zero-order chi connectivity index (χ0) is 14.7. The maximum atomic E-state index is 12.9. The van der Waals surface area contributed by atoms with Gasteiger partial charge in [-0.25, -0.2) is 0 Å². The Kier molecular flexibility index (Phi) is 4.15. The van der Waals surface area contributed by atoms with Gasteiger partial charge in [0.05, 0.1) is 0 Å². The number of likely N-dealkylation sites (N-methyl/N-ethyl adjacent to an activating group) is 1. The van der Waals surface area contributed by atoms with Crippen LogP contribution in [-0.4, -0.2) is 42.0 Å². The molecule has 0 radical (unpaired) electrons. The molecule has 1 N–H and O–H groups in total. The summed E-state index contributed by atoms with van der Waals surface area (Å²) in [6, 6.07) is 10.2. The first-order chi connectivity index (χ1) is 10.3. The number of carbonyl (C=O) groups excluding carboxylic acids is 1. The van der Waals surface area contributed by atoms with E-state index < -0.39 is 0 Å². The Morgan fingerprint density at radius 3 is 3.05 bits per heavy atom. The molecule has 0 spiro atoms. The second-order valence-electron chi connectivity index (χ2n) is 5.59. The van der Waals surface area contributed by atoms with Gasteiger partial charge < -0.3 is 10.2 Å². The molecule has 1 aromatic carbocycles. The van der Waals surface area contributed by atoms with Crippen LogP contribution in [0.1, 0.15) is 29.8 Å². The molecule has 1 aromatic heterocycles. The van der Waals surface area contributed by atoms with Crippen LogP contribution >= 0.6 is 0 Å². The Labute approximate surface area is 125 Å². The molecular formula is C17H21N3O. The van der Waals surface area contributed by atoms with E-state index in [4.69, 9.17) is 0 Å². The van der Waals surface area contributed by atoms with Crippen molar-refractivity contribution in [3.8, 4) is 0 Å². The number of rotatable bonds is 3. The van der Waals surface area contributed by atoms with Crippen molar-refractivity contribution >= 4 is 16.7 Å². The number of aromatic nitrogens is 1. The van der Waals surface area contributed by atoms with Crippen LogP contribution in [0.15, 0.2) is 36.5 Å². The average molecular weight is 283 g/mol. The fraction of sp³-hybridized carbons (Fsp3) is 0.412. The molecule has 1 unspecified atom stereocenters. The lowest BCUT2D eigenvalue weighted by atomic mass is 10.0. The number of hydrogen-bond donors (Lipinski definition) is 1. The summed E-state index contributed by atoms with van der Waals surface area (Å²) in [6.45, 7) is 1.67. The average Bonchev–Trinajstić information content (AvgIpc) is 2.54. The van der Waals surface area contributed by atoms with Gasteiger partial charge in [-0.2, -0.15) is 0 Å². The fourth-order valence-corrected chi connectivity index (χ4v) is 3.14. The van der Waals surface area contributed by atoms with E-state index in [1.54, 1.807) is 6.20 Å². The first kappa shape index (κ1) is 14.0. The summed E-state index contributed by atoms with van der Waals surface area (Å²) in [6.07, 6.45) is 5.07. The van der Waals surface area contributed by atoms with Crippen molar-refractivity contribution in [2.45, 2.75) is 25.3 Å². The van der Waals surface area contributed by atoms with Crippen molar-refractivity contribution in [2.24, 2.45) is 0 Å². The van der Waals surface area contributed by atoms with Crippen molar-refractivity contribution in [2.75, 3.05) is 20.1 Å². The Hall–Kier alpha value is -1.94. The maximum absolute atomic E-state index is 12.9. The van der Waals surface area contributed by atoms with Gasteiger partial charge in [0, 0.05) is 30.7 Å². The largest absolute Gasteiger partial charge is 0.333 e. The van der Waals surface area contributed by atoms with Crippen LogP contribution < -0.4 is 5.32 Å². The molecule has 1 aliphatic heterocycles. The molecular weight excluding hydrogens is 262 g/mol. The van der Waals surface area contributed by atoms with Gasteiger partial charge in [-0.05, 0) is 37.8 Å². The number of amides is 1. The highest BCUT2D eigenvalue weighted by molar-refractivity contribution is 6.05. The molecule has 1 aliphatic rings. The third kappa shape index (κ3) is 2.76. The number of nitrogens with one attached hydrogen (secondary N) is 1. The predicted molar refractivity (Wildman–Crippen MR) is 84.3 cm³/mol. The smallest absolute Gasteiger partial charge is 0.273 e. The molecule has 1 amide bonds. The zero-order valence-electron chi connectivity index (χ0n) is 12.4. The van der Waals surface area contributed by atoms with Gasteiger partial charge in [0.25, 0.3) is 5.91 Å². The molecule has 0 bridgehead atoms. The zero-order valence-corrected chi connectivity index (χ0v) is 12.4. The number of piperidine rings is 1. The first-order valence-electron chi connectivity index (χ1n) is 7.60. The van der Waals surface area contributed by atoms with Crippen LogP contribution in [-0.2, 0) is 0 Å². The van der Waals surface area contributed by atoms with Gasteiger partial charge >= 0.3 is 0 Å². The van der Waals surface area contributed by atoms with Gasteiger partial charge in [-0.1, -0.05) is 24.3 Å². The van der Waals surface area contributed by atoms with Crippen LogP contribution in [0.5, 0.6) is 0 Å². The van der Waals surface area contributed by atoms with Crippen LogP contribution in [0.3, 0.4) is 0 Å². The Bertz CT molecular complexity index is 633. The van der Waals surface area contributed by atoms with E-state index in [9.17, 15) is 4.79 Å². The number of fused-ring (bicyclic) bond motifs is 1. The number of carbonyl (C=O) groups is 1. The molecule has 1 saturated heterocycles. The maximum Gasteiger partial charge on any atom is 0.273 e. The minimum atomic E-state index is 0.0618. The topological polar surface area (TPSA) is 45.2 Å². The van der Waals surface area contributed by atoms with Gasteiger partial charge in [0.2, 0.25) is 0 Å². The number of nitrogens with zero attached hydrogens (tertiary/aromatic N) is 2. The van der Waals surface area contributed by atoms with E-state index in [-0.39, 0.29) is 11.9 Å². The van der Waals surface area contributed by atoms with E-state index in [2.05, 4.69) is 10.3 Å². The summed E-state index contributed by atoms with van der Waals surface area (Å²) in [5, 5.41) is 5.21. The van der Waals surface area contributed by atoms with Crippen molar-refractivity contribution in [1.29, 1.82) is 0 Å².